The van der Waals surface area contributed by atoms with Crippen molar-refractivity contribution in [3.63, 3.8) is 0 Å². The van der Waals surface area contributed by atoms with Gasteiger partial charge < -0.3 is 25.0 Å². The standard InChI is InChI=1S/C30H35N3O3/c1-3-15-33-16-14-24-12-13-25(19-28(24)33)30(35)32-27(18-22-8-5-4-6-9-22)29(34)21-31-20-23-10-7-11-26(17-23)36-2/h4-14,16-17,19,27,29,31,34H,3,15,18,20-21H2,1-2H3,(H,32,35)/t27-,29+/m0/s1. The maximum absolute atomic E-state index is 13.3. The van der Waals surface area contributed by atoms with E-state index in [1.165, 1.54) is 0 Å². The summed E-state index contributed by atoms with van der Waals surface area (Å²) < 4.78 is 7.46. The SMILES string of the molecule is CCCn1ccc2ccc(C(=O)N[C@@H](Cc3ccccc3)[C@H](O)CNCc3cccc(OC)c3)cc21. The van der Waals surface area contributed by atoms with E-state index in [2.05, 4.69) is 34.4 Å². The molecule has 0 aliphatic rings. The van der Waals surface area contributed by atoms with Crippen molar-refractivity contribution in [2.24, 2.45) is 0 Å². The first kappa shape index (κ1) is 25.5. The Bertz CT molecular complexity index is 1270. The van der Waals surface area contributed by atoms with Gasteiger partial charge in [-0.1, -0.05) is 55.5 Å². The normalized spacial score (nSPS) is 12.9. The van der Waals surface area contributed by atoms with Crippen LogP contribution in [0.5, 0.6) is 5.75 Å². The van der Waals surface area contributed by atoms with E-state index in [4.69, 9.17) is 4.74 Å². The van der Waals surface area contributed by atoms with Gasteiger partial charge in [0, 0.05) is 36.9 Å². The van der Waals surface area contributed by atoms with Gasteiger partial charge in [0.25, 0.3) is 5.91 Å². The van der Waals surface area contributed by atoms with Crippen molar-refractivity contribution >= 4 is 16.8 Å². The lowest BCUT2D eigenvalue weighted by atomic mass is 10.00. The quantitative estimate of drug-likeness (QED) is 0.275. The molecule has 1 aromatic heterocycles. The molecule has 0 saturated carbocycles. The van der Waals surface area contributed by atoms with E-state index < -0.39 is 12.1 Å². The fraction of sp³-hybridized carbons (Fsp3) is 0.300. The Balaban J connectivity index is 1.46. The summed E-state index contributed by atoms with van der Waals surface area (Å²) in [6, 6.07) is 25.1. The number of nitrogens with one attached hydrogen (secondary N) is 2. The number of hydrogen-bond donors (Lipinski definition) is 3. The predicted molar refractivity (Wildman–Crippen MR) is 144 cm³/mol. The first-order valence-corrected chi connectivity index (χ1v) is 12.5. The molecular formula is C30H35N3O3. The number of ether oxygens (including phenoxy) is 1. The summed E-state index contributed by atoms with van der Waals surface area (Å²) in [7, 11) is 1.64. The van der Waals surface area contributed by atoms with Crippen molar-refractivity contribution < 1.29 is 14.6 Å². The summed E-state index contributed by atoms with van der Waals surface area (Å²) in [6.07, 6.45) is 2.84. The highest BCUT2D eigenvalue weighted by Crippen LogP contribution is 2.19. The Morgan fingerprint density at radius 3 is 2.58 bits per heavy atom. The molecule has 2 atom stereocenters. The number of aryl methyl sites for hydroxylation is 1. The van der Waals surface area contributed by atoms with Gasteiger partial charge in [0.1, 0.15) is 5.75 Å². The lowest BCUT2D eigenvalue weighted by Crippen LogP contribution is -2.48. The molecule has 3 N–H and O–H groups in total. The highest BCUT2D eigenvalue weighted by Gasteiger charge is 2.22. The van der Waals surface area contributed by atoms with Gasteiger partial charge in [-0.25, -0.2) is 0 Å². The Morgan fingerprint density at radius 1 is 1.00 bits per heavy atom. The van der Waals surface area contributed by atoms with E-state index in [-0.39, 0.29) is 5.91 Å². The lowest BCUT2D eigenvalue weighted by Gasteiger charge is -2.25. The fourth-order valence-electron chi connectivity index (χ4n) is 4.45. The smallest absolute Gasteiger partial charge is 0.251 e. The first-order valence-electron chi connectivity index (χ1n) is 12.5. The van der Waals surface area contributed by atoms with E-state index in [1.807, 2.05) is 72.8 Å². The van der Waals surface area contributed by atoms with Gasteiger partial charge in [-0.3, -0.25) is 4.79 Å². The van der Waals surface area contributed by atoms with Crippen molar-refractivity contribution in [1.29, 1.82) is 0 Å². The molecule has 0 radical (unpaired) electrons. The molecule has 0 saturated heterocycles. The van der Waals surface area contributed by atoms with E-state index >= 15 is 0 Å². The number of aliphatic hydroxyl groups is 1. The summed E-state index contributed by atoms with van der Waals surface area (Å²) in [5, 5.41) is 18.6. The molecule has 6 heteroatoms. The zero-order valence-corrected chi connectivity index (χ0v) is 21.0. The van der Waals surface area contributed by atoms with Gasteiger partial charge in [0.2, 0.25) is 0 Å². The van der Waals surface area contributed by atoms with Crippen LogP contribution in [0.15, 0.2) is 85.1 Å². The number of aliphatic hydroxyl groups excluding tert-OH is 1. The van der Waals surface area contributed by atoms with Crippen LogP contribution in [-0.2, 0) is 19.5 Å². The summed E-state index contributed by atoms with van der Waals surface area (Å²) in [4.78, 5) is 13.3. The molecule has 1 amide bonds. The van der Waals surface area contributed by atoms with E-state index in [0.717, 1.165) is 40.7 Å². The van der Waals surface area contributed by atoms with Gasteiger partial charge in [-0.15, -0.1) is 0 Å². The van der Waals surface area contributed by atoms with E-state index in [1.54, 1.807) is 7.11 Å². The van der Waals surface area contributed by atoms with Crippen LogP contribution in [0, 0.1) is 0 Å². The fourth-order valence-corrected chi connectivity index (χ4v) is 4.45. The molecule has 0 spiro atoms. The topological polar surface area (TPSA) is 75.5 Å². The Kier molecular flexibility index (Phi) is 8.76. The molecule has 4 rings (SSSR count). The van der Waals surface area contributed by atoms with Crippen molar-refractivity contribution in [3.05, 3.63) is 102 Å². The minimum Gasteiger partial charge on any atom is -0.497 e. The molecular weight excluding hydrogens is 450 g/mol. The van der Waals surface area contributed by atoms with Crippen LogP contribution >= 0.6 is 0 Å². The largest absolute Gasteiger partial charge is 0.497 e. The maximum Gasteiger partial charge on any atom is 0.251 e. The Morgan fingerprint density at radius 2 is 1.81 bits per heavy atom. The third kappa shape index (κ3) is 6.53. The molecule has 0 bridgehead atoms. The summed E-state index contributed by atoms with van der Waals surface area (Å²) >= 11 is 0. The monoisotopic (exact) mass is 485 g/mol. The molecule has 3 aromatic carbocycles. The van der Waals surface area contributed by atoms with Gasteiger partial charge in [0.05, 0.1) is 19.3 Å². The lowest BCUT2D eigenvalue weighted by molar-refractivity contribution is 0.0830. The molecule has 188 valence electrons. The minimum absolute atomic E-state index is 0.186. The molecule has 4 aromatic rings. The predicted octanol–water partition coefficient (Wildman–Crippen LogP) is 4.55. The zero-order chi connectivity index (χ0) is 25.3. The third-order valence-corrected chi connectivity index (χ3v) is 6.40. The number of fused-ring (bicyclic) bond motifs is 1. The van der Waals surface area contributed by atoms with Gasteiger partial charge >= 0.3 is 0 Å². The number of nitrogens with zero attached hydrogens (tertiary/aromatic N) is 1. The number of methoxy groups -OCH3 is 1. The molecule has 0 aliphatic carbocycles. The third-order valence-electron chi connectivity index (χ3n) is 6.40. The molecule has 6 nitrogen and oxygen atoms in total. The van der Waals surface area contributed by atoms with Crippen molar-refractivity contribution in [3.8, 4) is 5.75 Å². The van der Waals surface area contributed by atoms with Crippen molar-refractivity contribution in [2.75, 3.05) is 13.7 Å². The molecule has 0 unspecified atom stereocenters. The summed E-state index contributed by atoms with van der Waals surface area (Å²) in [5.74, 6) is 0.611. The zero-order valence-electron chi connectivity index (χ0n) is 21.0. The van der Waals surface area contributed by atoms with Crippen LogP contribution in [0.2, 0.25) is 0 Å². The second-order valence-electron chi connectivity index (χ2n) is 9.10. The summed E-state index contributed by atoms with van der Waals surface area (Å²) in [5.41, 5.74) is 3.76. The van der Waals surface area contributed by atoms with Crippen LogP contribution in [0.1, 0.15) is 34.8 Å². The van der Waals surface area contributed by atoms with Gasteiger partial charge in [-0.05, 0) is 59.7 Å². The highest BCUT2D eigenvalue weighted by atomic mass is 16.5. The van der Waals surface area contributed by atoms with Crippen LogP contribution in [0.3, 0.4) is 0 Å². The number of aromatic nitrogens is 1. The van der Waals surface area contributed by atoms with Crippen LogP contribution in [0.4, 0.5) is 0 Å². The van der Waals surface area contributed by atoms with E-state index in [0.29, 0.717) is 25.1 Å². The average Bonchev–Trinajstić information content (AvgIpc) is 3.31. The molecule has 36 heavy (non-hydrogen) atoms. The Labute approximate surface area is 212 Å². The van der Waals surface area contributed by atoms with Crippen LogP contribution in [0.25, 0.3) is 10.9 Å². The van der Waals surface area contributed by atoms with Gasteiger partial charge in [-0.2, -0.15) is 0 Å². The second kappa shape index (κ2) is 12.4. The number of rotatable bonds is 12. The number of hydrogen-bond acceptors (Lipinski definition) is 4. The summed E-state index contributed by atoms with van der Waals surface area (Å²) in [6.45, 7) is 3.97. The maximum atomic E-state index is 13.3. The number of amides is 1. The first-order chi connectivity index (χ1) is 17.6. The number of carbonyl (C=O) groups excluding carboxylic acids is 1. The van der Waals surface area contributed by atoms with Crippen LogP contribution < -0.4 is 15.4 Å². The minimum atomic E-state index is -0.771. The Hall–Kier alpha value is -3.61. The van der Waals surface area contributed by atoms with Crippen LogP contribution in [-0.4, -0.2) is 41.4 Å². The number of carbonyl (C=O) groups is 1. The highest BCUT2D eigenvalue weighted by molar-refractivity contribution is 5.98. The van der Waals surface area contributed by atoms with Crippen molar-refractivity contribution in [2.45, 2.75) is 45.0 Å². The van der Waals surface area contributed by atoms with E-state index in [9.17, 15) is 9.90 Å². The molecule has 0 fully saturated rings. The molecule has 0 aliphatic heterocycles. The number of benzene rings is 3. The average molecular weight is 486 g/mol. The van der Waals surface area contributed by atoms with Gasteiger partial charge in [0.15, 0.2) is 0 Å². The second-order valence-corrected chi connectivity index (χ2v) is 9.10. The molecule has 1 heterocycles. The van der Waals surface area contributed by atoms with Crippen molar-refractivity contribution in [1.82, 2.24) is 15.2 Å².